The van der Waals surface area contributed by atoms with E-state index in [9.17, 15) is 4.39 Å². The zero-order valence-electron chi connectivity index (χ0n) is 11.0. The quantitative estimate of drug-likeness (QED) is 0.823. The van der Waals surface area contributed by atoms with Crippen LogP contribution in [0.15, 0.2) is 18.2 Å². The Morgan fingerprint density at radius 3 is 2.59 bits per heavy atom. The van der Waals surface area contributed by atoms with Crippen LogP contribution in [0.5, 0.6) is 5.75 Å². The van der Waals surface area contributed by atoms with Crippen molar-refractivity contribution in [1.29, 1.82) is 0 Å². The van der Waals surface area contributed by atoms with Crippen molar-refractivity contribution in [2.75, 3.05) is 34.3 Å². The van der Waals surface area contributed by atoms with E-state index in [0.717, 1.165) is 12.1 Å². The lowest BCUT2D eigenvalue weighted by molar-refractivity contribution is 0.290. The van der Waals surface area contributed by atoms with Crippen molar-refractivity contribution < 1.29 is 9.13 Å². The molecule has 0 bridgehead atoms. The molecule has 0 heterocycles. The van der Waals surface area contributed by atoms with Crippen LogP contribution in [0.25, 0.3) is 0 Å². The molecule has 1 rings (SSSR count). The smallest absolute Gasteiger partial charge is 0.165 e. The minimum atomic E-state index is -0.299. The largest absolute Gasteiger partial charge is 0.491 e. The van der Waals surface area contributed by atoms with Crippen LogP contribution in [0.4, 0.5) is 4.39 Å². The van der Waals surface area contributed by atoms with Crippen molar-refractivity contribution in [3.63, 3.8) is 0 Å². The number of halogens is 1. The summed E-state index contributed by atoms with van der Waals surface area (Å²) in [5, 5.41) is 3.11. The van der Waals surface area contributed by atoms with Crippen molar-refractivity contribution in [2.24, 2.45) is 0 Å². The van der Waals surface area contributed by atoms with Crippen LogP contribution in [-0.2, 0) is 0 Å². The van der Waals surface area contributed by atoms with Gasteiger partial charge < -0.3 is 15.0 Å². The summed E-state index contributed by atoms with van der Waals surface area (Å²) in [7, 11) is 5.86. The normalized spacial score (nSPS) is 12.8. The molecule has 0 aliphatic rings. The van der Waals surface area contributed by atoms with E-state index in [1.165, 1.54) is 0 Å². The zero-order chi connectivity index (χ0) is 12.8. The fourth-order valence-electron chi connectivity index (χ4n) is 1.79. The first-order valence-electron chi connectivity index (χ1n) is 5.83. The molecule has 0 saturated carbocycles. The molecule has 1 aromatic rings. The van der Waals surface area contributed by atoms with Crippen molar-refractivity contribution >= 4 is 0 Å². The molecule has 0 amide bonds. The van der Waals surface area contributed by atoms with E-state index in [2.05, 4.69) is 10.2 Å². The van der Waals surface area contributed by atoms with Gasteiger partial charge in [-0.3, -0.25) is 0 Å². The maximum absolute atomic E-state index is 13.7. The number of nitrogens with zero attached hydrogens (tertiary/aromatic N) is 1. The highest BCUT2D eigenvalue weighted by Crippen LogP contribution is 2.24. The fraction of sp³-hybridized carbons (Fsp3) is 0.538. The van der Waals surface area contributed by atoms with Crippen molar-refractivity contribution in [2.45, 2.75) is 13.0 Å². The molecular formula is C13H21FN2O. The molecule has 96 valence electrons. The van der Waals surface area contributed by atoms with Gasteiger partial charge in [0.05, 0.1) is 6.61 Å². The molecule has 4 heteroatoms. The van der Waals surface area contributed by atoms with E-state index >= 15 is 0 Å². The maximum atomic E-state index is 13.7. The van der Waals surface area contributed by atoms with Gasteiger partial charge in [0, 0.05) is 12.6 Å². The standard InChI is InChI=1S/C13H21FN2O/c1-5-17-13-7-6-10(8-11(13)14)12(9-15-2)16(3)4/h6-8,12,15H,5,9H2,1-4H3. The highest BCUT2D eigenvalue weighted by Gasteiger charge is 2.15. The molecule has 0 saturated heterocycles. The third-order valence-corrected chi connectivity index (χ3v) is 2.66. The lowest BCUT2D eigenvalue weighted by Gasteiger charge is -2.24. The molecule has 3 nitrogen and oxygen atoms in total. The van der Waals surface area contributed by atoms with E-state index in [0.29, 0.717) is 12.4 Å². The second-order valence-electron chi connectivity index (χ2n) is 4.16. The van der Waals surface area contributed by atoms with Gasteiger partial charge in [-0.25, -0.2) is 4.39 Å². The lowest BCUT2D eigenvalue weighted by atomic mass is 10.1. The summed E-state index contributed by atoms with van der Waals surface area (Å²) < 4.78 is 18.9. The molecule has 1 atom stereocenters. The molecule has 0 aliphatic carbocycles. The van der Waals surface area contributed by atoms with Gasteiger partial charge in [-0.05, 0) is 45.8 Å². The molecule has 0 radical (unpaired) electrons. The monoisotopic (exact) mass is 240 g/mol. The van der Waals surface area contributed by atoms with E-state index < -0.39 is 0 Å². The molecule has 1 N–H and O–H groups in total. The highest BCUT2D eigenvalue weighted by atomic mass is 19.1. The van der Waals surface area contributed by atoms with Gasteiger partial charge in [0.25, 0.3) is 0 Å². The van der Waals surface area contributed by atoms with Gasteiger partial charge in [0.1, 0.15) is 0 Å². The Morgan fingerprint density at radius 2 is 2.12 bits per heavy atom. The number of ether oxygens (including phenoxy) is 1. The van der Waals surface area contributed by atoms with Gasteiger partial charge in [-0.2, -0.15) is 0 Å². The third kappa shape index (κ3) is 3.68. The fourth-order valence-corrected chi connectivity index (χ4v) is 1.79. The molecule has 0 aromatic heterocycles. The summed E-state index contributed by atoms with van der Waals surface area (Å²) in [6.07, 6.45) is 0. The SMILES string of the molecule is CCOc1ccc(C(CNC)N(C)C)cc1F. The average Bonchev–Trinajstić information content (AvgIpc) is 2.28. The summed E-state index contributed by atoms with van der Waals surface area (Å²) in [6, 6.07) is 5.31. The average molecular weight is 240 g/mol. The Hall–Kier alpha value is -1.13. The number of hydrogen-bond acceptors (Lipinski definition) is 3. The van der Waals surface area contributed by atoms with E-state index in [1.54, 1.807) is 12.1 Å². The number of nitrogens with one attached hydrogen (secondary N) is 1. The van der Waals surface area contributed by atoms with Crippen LogP contribution in [0, 0.1) is 5.82 Å². The summed E-state index contributed by atoms with van der Waals surface area (Å²) in [6.45, 7) is 3.10. The lowest BCUT2D eigenvalue weighted by Crippen LogP contribution is -2.29. The van der Waals surface area contributed by atoms with E-state index in [4.69, 9.17) is 4.74 Å². The summed E-state index contributed by atoms with van der Waals surface area (Å²) in [5.41, 5.74) is 0.949. The van der Waals surface area contributed by atoms with Crippen LogP contribution < -0.4 is 10.1 Å². The number of rotatable bonds is 6. The maximum Gasteiger partial charge on any atom is 0.165 e. The van der Waals surface area contributed by atoms with Gasteiger partial charge >= 0.3 is 0 Å². The Bertz CT molecular complexity index is 355. The number of hydrogen-bond donors (Lipinski definition) is 1. The summed E-state index contributed by atoms with van der Waals surface area (Å²) in [4.78, 5) is 2.06. The Balaban J connectivity index is 2.93. The molecular weight excluding hydrogens is 219 g/mol. The Kier molecular flexibility index (Phi) is 5.38. The van der Waals surface area contributed by atoms with Gasteiger partial charge in [-0.1, -0.05) is 6.07 Å². The van der Waals surface area contributed by atoms with E-state index in [1.807, 2.05) is 34.1 Å². The van der Waals surface area contributed by atoms with Gasteiger partial charge in [0.2, 0.25) is 0 Å². The first-order valence-corrected chi connectivity index (χ1v) is 5.83. The molecule has 1 unspecified atom stereocenters. The van der Waals surface area contributed by atoms with Gasteiger partial charge in [-0.15, -0.1) is 0 Å². The van der Waals surface area contributed by atoms with Crippen molar-refractivity contribution in [3.8, 4) is 5.75 Å². The first-order chi connectivity index (χ1) is 8.10. The van der Waals surface area contributed by atoms with Crippen LogP contribution >= 0.6 is 0 Å². The Labute approximate surface area is 103 Å². The molecule has 0 spiro atoms. The minimum Gasteiger partial charge on any atom is -0.491 e. The second kappa shape index (κ2) is 6.57. The summed E-state index contributed by atoms with van der Waals surface area (Å²) in [5.74, 6) is 0.0190. The van der Waals surface area contributed by atoms with E-state index in [-0.39, 0.29) is 11.9 Å². The second-order valence-corrected chi connectivity index (χ2v) is 4.16. The molecule has 1 aromatic carbocycles. The highest BCUT2D eigenvalue weighted by molar-refractivity contribution is 5.31. The predicted molar refractivity (Wildman–Crippen MR) is 67.9 cm³/mol. The van der Waals surface area contributed by atoms with Crippen LogP contribution in [0.2, 0.25) is 0 Å². The van der Waals surface area contributed by atoms with Crippen molar-refractivity contribution in [1.82, 2.24) is 10.2 Å². The predicted octanol–water partition coefficient (Wildman–Crippen LogP) is 2.05. The molecule has 0 fully saturated rings. The first kappa shape index (κ1) is 13.9. The van der Waals surface area contributed by atoms with Gasteiger partial charge in [0.15, 0.2) is 11.6 Å². The molecule has 0 aliphatic heterocycles. The number of likely N-dealkylation sites (N-methyl/N-ethyl adjacent to an activating group) is 2. The summed E-state index contributed by atoms with van der Waals surface area (Å²) >= 11 is 0. The zero-order valence-corrected chi connectivity index (χ0v) is 11.0. The topological polar surface area (TPSA) is 24.5 Å². The van der Waals surface area contributed by atoms with Crippen LogP contribution in [0.3, 0.4) is 0 Å². The van der Waals surface area contributed by atoms with Crippen LogP contribution in [-0.4, -0.2) is 39.2 Å². The third-order valence-electron chi connectivity index (χ3n) is 2.66. The number of benzene rings is 1. The van der Waals surface area contributed by atoms with Crippen molar-refractivity contribution in [3.05, 3.63) is 29.6 Å². The minimum absolute atomic E-state index is 0.158. The van der Waals surface area contributed by atoms with Crippen LogP contribution in [0.1, 0.15) is 18.5 Å². The molecule has 17 heavy (non-hydrogen) atoms. The Morgan fingerprint density at radius 1 is 1.41 bits per heavy atom.